The predicted molar refractivity (Wildman–Crippen MR) is 19.0 cm³/mol. The summed E-state index contributed by atoms with van der Waals surface area (Å²) in [4.78, 5) is 36.3. The summed E-state index contributed by atoms with van der Waals surface area (Å²) >= 11 is 0. The van der Waals surface area contributed by atoms with E-state index in [0.717, 1.165) is 0 Å². The molecule has 0 radical (unpaired) electrons. The molecule has 0 amide bonds. The Balaban J connectivity index is -0.000000245. The number of hydrogen-bond acceptors (Lipinski definition) is 5. The maximum absolute atomic E-state index is 9.60. The van der Waals surface area contributed by atoms with Crippen LogP contribution in [0.1, 0.15) is 0 Å². The minimum Gasteiger partial charge on any atom is -0.659 e. The molecular weight excluding hydrogens is 213 g/mol. The Kier molecular flexibility index (Phi) is 16.2. The molecule has 0 fully saturated rings. The molecule has 0 aromatic carbocycles. The maximum atomic E-state index is 9.60. The van der Waals surface area contributed by atoms with Crippen molar-refractivity contribution < 1.29 is 127 Å². The van der Waals surface area contributed by atoms with Crippen LogP contribution < -0.4 is 118 Å². The van der Waals surface area contributed by atoms with E-state index in [9.17, 15) is 19.7 Å². The van der Waals surface area contributed by atoms with E-state index >= 15 is 0 Å². The van der Waals surface area contributed by atoms with Crippen LogP contribution >= 0.6 is 7.94 Å². The van der Waals surface area contributed by atoms with Gasteiger partial charge in [-0.1, -0.05) is 0 Å². The Morgan fingerprint density at radius 2 is 1.70 bits per heavy atom. The van der Waals surface area contributed by atoms with Crippen LogP contribution in [0.25, 0.3) is 0 Å². The van der Waals surface area contributed by atoms with Crippen LogP contribution in [0.5, 0.6) is 0 Å². The van der Waals surface area contributed by atoms with Crippen molar-refractivity contribution in [2.75, 3.05) is 6.16 Å². The first-order valence-corrected chi connectivity index (χ1v) is 3.41. The smallest absolute Gasteiger partial charge is 0.659 e. The Hall–Kier alpha value is 3.05. The molecule has 10 heavy (non-hydrogen) atoms. The Morgan fingerprint density at radius 3 is 1.70 bits per heavy atom. The average molecular weight is 216 g/mol. The Bertz CT molecular complexity index is 100. The minimum atomic E-state index is -4.63. The first-order chi connectivity index (χ1) is 3.42. The molecule has 0 aromatic heterocycles. The van der Waals surface area contributed by atoms with Gasteiger partial charge in [0.05, 0.1) is 13.9 Å². The molecule has 0 unspecified atom stereocenters. The molecule has 0 spiro atoms. The summed E-state index contributed by atoms with van der Waals surface area (Å²) in [6.07, 6.45) is -1.31. The zero-order valence-corrected chi connectivity index (χ0v) is 12.9. The van der Waals surface area contributed by atoms with E-state index in [-0.39, 0.29) is 103 Å². The van der Waals surface area contributed by atoms with Crippen molar-refractivity contribution in [3.8, 4) is 0 Å². The summed E-state index contributed by atoms with van der Waals surface area (Å²) in [5.74, 6) is -1.80. The van der Waals surface area contributed by atoms with Crippen LogP contribution in [0.4, 0.5) is 0 Å². The van der Waals surface area contributed by atoms with E-state index in [1.807, 2.05) is 0 Å². The topological polar surface area (TPSA) is 106 Å². The number of aliphatic carboxylic acids is 1. The molecular formula is C2H3K2O5P. The van der Waals surface area contributed by atoms with Crippen LogP contribution in [-0.2, 0) is 4.79 Å². The summed E-state index contributed by atoms with van der Waals surface area (Å²) in [6.45, 7) is 0. The Labute approximate surface area is 144 Å². The monoisotopic (exact) mass is 216 g/mol. The molecule has 48 valence electrons. The summed E-state index contributed by atoms with van der Waals surface area (Å²) < 4.78 is 0. The first-order valence-electron chi connectivity index (χ1n) is 1.64. The third-order valence-corrected chi connectivity index (χ3v) is 0.987. The fraction of sp³-hybridized carbons (Fsp3) is 0.500. The molecule has 0 aliphatic rings. The second-order valence-corrected chi connectivity index (χ2v) is 2.76. The quantitative estimate of drug-likeness (QED) is 0.364. The third-order valence-electron chi connectivity index (χ3n) is 0.329. The zero-order chi connectivity index (χ0) is 6.78. The van der Waals surface area contributed by atoms with E-state index in [0.29, 0.717) is 0 Å². The van der Waals surface area contributed by atoms with Gasteiger partial charge in [-0.3, -0.25) is 4.89 Å². The molecule has 0 saturated carbocycles. The normalized spacial score (nSPS) is 9.10. The maximum Gasteiger partial charge on any atom is 1.00 e. The third kappa shape index (κ3) is 17.2. The molecule has 0 aromatic rings. The van der Waals surface area contributed by atoms with E-state index in [1.54, 1.807) is 0 Å². The SMILES string of the molecule is O=C([O-])C[P+]([O-])([O-])O.[K+].[K+]. The fourth-order valence-electron chi connectivity index (χ4n) is 0.163. The van der Waals surface area contributed by atoms with Gasteiger partial charge in [-0.25, -0.2) is 0 Å². The summed E-state index contributed by atoms with van der Waals surface area (Å²) in [7, 11) is -4.63. The number of hydrogen-bond donors (Lipinski definition) is 1. The van der Waals surface area contributed by atoms with Gasteiger partial charge < -0.3 is 19.7 Å². The van der Waals surface area contributed by atoms with Gasteiger partial charge in [-0.05, 0) is 0 Å². The number of carboxylic acid groups (broad SMARTS) is 1. The van der Waals surface area contributed by atoms with Gasteiger partial charge in [-0.15, -0.1) is 0 Å². The molecule has 8 heteroatoms. The number of carbonyl (C=O) groups excluding carboxylic acids is 1. The van der Waals surface area contributed by atoms with Crippen molar-refractivity contribution in [3.63, 3.8) is 0 Å². The molecule has 0 saturated heterocycles. The molecule has 0 rings (SSSR count). The predicted octanol–water partition coefficient (Wildman–Crippen LogP) is -9.78. The molecule has 0 aliphatic heterocycles. The van der Waals surface area contributed by atoms with Gasteiger partial charge in [0.15, 0.2) is 0 Å². The van der Waals surface area contributed by atoms with Crippen LogP contribution in [0.2, 0.25) is 0 Å². The van der Waals surface area contributed by atoms with Crippen LogP contribution in [0.15, 0.2) is 0 Å². The minimum absolute atomic E-state index is 0. The van der Waals surface area contributed by atoms with Gasteiger partial charge in [0.2, 0.25) is 0 Å². The summed E-state index contributed by atoms with van der Waals surface area (Å²) in [5, 5.41) is 9.37. The van der Waals surface area contributed by atoms with Crippen molar-refractivity contribution in [3.05, 3.63) is 0 Å². The van der Waals surface area contributed by atoms with Gasteiger partial charge in [-0.2, -0.15) is 0 Å². The number of rotatable bonds is 2. The van der Waals surface area contributed by atoms with Gasteiger partial charge in [0.1, 0.15) is 6.16 Å². The van der Waals surface area contributed by atoms with Crippen molar-refractivity contribution in [2.24, 2.45) is 0 Å². The number of carbonyl (C=O) groups is 1. The summed E-state index contributed by atoms with van der Waals surface area (Å²) in [5.41, 5.74) is 0. The number of carboxylic acids is 1. The zero-order valence-electron chi connectivity index (χ0n) is 5.73. The Morgan fingerprint density at radius 1 is 1.40 bits per heavy atom. The van der Waals surface area contributed by atoms with E-state index in [1.165, 1.54) is 0 Å². The van der Waals surface area contributed by atoms with Gasteiger partial charge in [0.25, 0.3) is 0 Å². The summed E-state index contributed by atoms with van der Waals surface area (Å²) in [6, 6.07) is 0. The largest absolute Gasteiger partial charge is 1.00 e. The van der Waals surface area contributed by atoms with Crippen LogP contribution in [0.3, 0.4) is 0 Å². The van der Waals surface area contributed by atoms with E-state index in [2.05, 4.69) is 0 Å². The molecule has 0 aliphatic carbocycles. The fourth-order valence-corrected chi connectivity index (χ4v) is 0.489. The van der Waals surface area contributed by atoms with Crippen LogP contribution in [0, 0.1) is 0 Å². The molecule has 0 heterocycles. The molecule has 0 atom stereocenters. The molecule has 1 N–H and O–H groups in total. The standard InChI is InChI=1S/C2H5O5P.2K/c3-2(4)1-8(5,6)7;;/h1H2,(H,3,4)(H2,5,6,7);;/q;2*+1/p-2. The van der Waals surface area contributed by atoms with E-state index < -0.39 is 20.1 Å². The second kappa shape index (κ2) is 8.64. The van der Waals surface area contributed by atoms with Crippen molar-refractivity contribution >= 4 is 13.9 Å². The molecule has 0 bridgehead atoms. The van der Waals surface area contributed by atoms with E-state index in [4.69, 9.17) is 4.89 Å². The first kappa shape index (κ1) is 18.8. The molecule has 5 nitrogen and oxygen atoms in total. The van der Waals surface area contributed by atoms with Crippen molar-refractivity contribution in [1.29, 1.82) is 0 Å². The van der Waals surface area contributed by atoms with Gasteiger partial charge >= 0.3 is 103 Å². The van der Waals surface area contributed by atoms with Crippen molar-refractivity contribution in [2.45, 2.75) is 0 Å². The second-order valence-electron chi connectivity index (χ2n) is 1.17. The van der Waals surface area contributed by atoms with Gasteiger partial charge in [0, 0.05) is 0 Å². The van der Waals surface area contributed by atoms with Crippen LogP contribution in [-0.4, -0.2) is 17.0 Å². The van der Waals surface area contributed by atoms with Crippen molar-refractivity contribution in [1.82, 2.24) is 0 Å². The average Bonchev–Trinajstić information content (AvgIpc) is 1.21.